The number of anilines is 1. The van der Waals surface area contributed by atoms with Gasteiger partial charge in [0.15, 0.2) is 0 Å². The number of piperazine rings is 1. The van der Waals surface area contributed by atoms with Crippen LogP contribution in [0.5, 0.6) is 0 Å². The number of nitrogens with two attached hydrogens (primary N) is 1. The van der Waals surface area contributed by atoms with Gasteiger partial charge in [-0.2, -0.15) is 17.0 Å². The number of hydrogen-bond acceptors (Lipinski definition) is 6. The van der Waals surface area contributed by atoms with Gasteiger partial charge in [0.25, 0.3) is 10.2 Å². The van der Waals surface area contributed by atoms with E-state index in [0.29, 0.717) is 30.8 Å². The number of aromatic nitrogens is 2. The van der Waals surface area contributed by atoms with E-state index in [4.69, 9.17) is 10.3 Å². The molecule has 0 atom stereocenters. The Morgan fingerprint density at radius 3 is 2.37 bits per heavy atom. The summed E-state index contributed by atoms with van der Waals surface area (Å²) in [6, 6.07) is 0. The first kappa shape index (κ1) is 14.5. The van der Waals surface area contributed by atoms with Crippen LogP contribution >= 0.6 is 15.9 Å². The number of nitrogen functional groups attached to an aromatic ring is 1. The van der Waals surface area contributed by atoms with E-state index in [1.807, 2.05) is 5.01 Å². The molecule has 1 aliphatic heterocycles. The quantitative estimate of drug-likeness (QED) is 0.653. The number of hydrogen-bond donors (Lipinski definition) is 1. The van der Waals surface area contributed by atoms with E-state index in [2.05, 4.69) is 21.2 Å². The van der Waals surface area contributed by atoms with Gasteiger partial charge in [-0.1, -0.05) is 0 Å². The van der Waals surface area contributed by atoms with Crippen LogP contribution in [0.2, 0.25) is 0 Å². The summed E-state index contributed by atoms with van der Waals surface area (Å²) in [5.74, 6) is 0.184. The van der Waals surface area contributed by atoms with E-state index in [9.17, 15) is 8.42 Å². The maximum atomic E-state index is 12.0. The molecule has 108 valence electrons. The lowest BCUT2D eigenvalue weighted by atomic mass is 10.4. The predicted molar refractivity (Wildman–Crippen MR) is 70.9 cm³/mol. The Morgan fingerprint density at radius 2 is 1.95 bits per heavy atom. The van der Waals surface area contributed by atoms with Gasteiger partial charge in [0, 0.05) is 43.1 Å². The Balaban J connectivity index is 2.06. The summed E-state index contributed by atoms with van der Waals surface area (Å²) < 4.78 is 31.9. The Morgan fingerprint density at radius 1 is 1.37 bits per heavy atom. The largest absolute Gasteiger partial charge is 0.372 e. The predicted octanol–water partition coefficient (Wildman–Crippen LogP) is -1.63. The van der Waals surface area contributed by atoms with Gasteiger partial charge >= 0.3 is 10.5 Å². The molecule has 0 radical (unpaired) electrons. The van der Waals surface area contributed by atoms with Gasteiger partial charge in [-0.05, 0) is 0 Å². The lowest BCUT2D eigenvalue weighted by Gasteiger charge is -2.31. The van der Waals surface area contributed by atoms with Crippen molar-refractivity contribution in [2.24, 2.45) is 0 Å². The third kappa shape index (κ3) is 2.68. The maximum absolute atomic E-state index is 12.0. The molecule has 0 bridgehead atoms. The van der Waals surface area contributed by atoms with Crippen LogP contribution in [-0.4, -0.2) is 62.6 Å². The van der Waals surface area contributed by atoms with Crippen LogP contribution < -0.4 is 15.5 Å². The summed E-state index contributed by atoms with van der Waals surface area (Å²) in [6.45, 7) is 1.77. The molecule has 0 aliphatic carbocycles. The van der Waals surface area contributed by atoms with Gasteiger partial charge in [-0.25, -0.2) is 0 Å². The molecule has 9 nitrogen and oxygen atoms in total. The average Bonchev–Trinajstić information content (AvgIpc) is 2.70. The Bertz CT molecular complexity index is 551. The van der Waals surface area contributed by atoms with E-state index in [0.717, 1.165) is 0 Å². The number of rotatable bonds is 3. The van der Waals surface area contributed by atoms with Crippen LogP contribution in [-0.2, 0) is 10.2 Å². The fraction of sp³-hybridized carbons (Fsp3) is 0.750. The Labute approximate surface area is 119 Å². The lowest BCUT2D eigenvalue weighted by Crippen LogP contribution is -2.67. The standard InChI is InChI=1S/C8H16BrN6O3S/c1-12(2)19(16,17)14-5-3-13(4-6-14)15-7(9)8(10)18-11-15/h3-6,10H2,1-2H3/q+1. The zero-order valence-corrected chi connectivity index (χ0v) is 13.1. The van der Waals surface area contributed by atoms with E-state index >= 15 is 0 Å². The summed E-state index contributed by atoms with van der Waals surface area (Å²) in [5.41, 5.74) is 5.55. The van der Waals surface area contributed by atoms with E-state index in [1.165, 1.54) is 27.5 Å². The van der Waals surface area contributed by atoms with Crippen LogP contribution in [0.1, 0.15) is 0 Å². The van der Waals surface area contributed by atoms with Gasteiger partial charge in [-0.15, -0.1) is 5.01 Å². The average molecular weight is 356 g/mol. The number of nitrogens with zero attached hydrogens (tertiary/aromatic N) is 5. The van der Waals surface area contributed by atoms with Gasteiger partial charge in [-0.3, -0.25) is 4.52 Å². The SMILES string of the molecule is CN(C)S(=O)(=O)N1CCN([n+]2noc(N)c2Br)CC1. The first-order valence-corrected chi connectivity index (χ1v) is 7.79. The van der Waals surface area contributed by atoms with Crippen LogP contribution in [0.25, 0.3) is 0 Å². The molecule has 2 heterocycles. The molecular formula is C8H16BrN6O3S+. The highest BCUT2D eigenvalue weighted by atomic mass is 79.9. The minimum Gasteiger partial charge on any atom is -0.361 e. The zero-order valence-electron chi connectivity index (χ0n) is 10.7. The summed E-state index contributed by atoms with van der Waals surface area (Å²) >= 11 is 3.26. The molecule has 11 heteroatoms. The molecule has 0 unspecified atom stereocenters. The summed E-state index contributed by atoms with van der Waals surface area (Å²) in [7, 11) is -0.322. The van der Waals surface area contributed by atoms with E-state index in [1.54, 1.807) is 0 Å². The lowest BCUT2D eigenvalue weighted by molar-refractivity contribution is -0.768. The molecule has 0 saturated carbocycles. The molecule has 1 aliphatic rings. The van der Waals surface area contributed by atoms with E-state index < -0.39 is 10.2 Å². The van der Waals surface area contributed by atoms with Crippen LogP contribution in [0.4, 0.5) is 5.88 Å². The van der Waals surface area contributed by atoms with Crippen molar-refractivity contribution < 1.29 is 17.7 Å². The molecule has 0 amide bonds. The highest BCUT2D eigenvalue weighted by Gasteiger charge is 2.34. The highest BCUT2D eigenvalue weighted by molar-refractivity contribution is 9.10. The smallest absolute Gasteiger partial charge is 0.361 e. The van der Waals surface area contributed by atoms with Crippen molar-refractivity contribution in [3.05, 3.63) is 4.60 Å². The second-order valence-corrected chi connectivity index (χ2v) is 7.15. The second-order valence-electron chi connectivity index (χ2n) is 4.26. The minimum absolute atomic E-state index is 0.184. The first-order chi connectivity index (χ1) is 8.84. The molecule has 0 aromatic carbocycles. The molecule has 19 heavy (non-hydrogen) atoms. The topological polar surface area (TPSA) is 99.8 Å². The van der Waals surface area contributed by atoms with Crippen molar-refractivity contribution in [2.45, 2.75) is 0 Å². The van der Waals surface area contributed by atoms with Crippen molar-refractivity contribution in [3.8, 4) is 0 Å². The van der Waals surface area contributed by atoms with Crippen LogP contribution in [0.3, 0.4) is 0 Å². The van der Waals surface area contributed by atoms with Gasteiger partial charge in [0.2, 0.25) is 5.27 Å². The van der Waals surface area contributed by atoms with Crippen molar-refractivity contribution in [1.29, 1.82) is 0 Å². The molecule has 2 N–H and O–H groups in total. The monoisotopic (exact) mass is 355 g/mol. The molecular weight excluding hydrogens is 340 g/mol. The van der Waals surface area contributed by atoms with Crippen molar-refractivity contribution in [3.63, 3.8) is 0 Å². The molecule has 1 aromatic rings. The third-order valence-electron chi connectivity index (χ3n) is 2.87. The second kappa shape index (κ2) is 5.23. The third-order valence-corrected chi connectivity index (χ3v) is 5.51. The summed E-state index contributed by atoms with van der Waals surface area (Å²) in [6.07, 6.45) is 0. The summed E-state index contributed by atoms with van der Waals surface area (Å²) in [4.78, 5) is 1.49. The van der Waals surface area contributed by atoms with Crippen molar-refractivity contribution >= 4 is 32.0 Å². The zero-order chi connectivity index (χ0) is 14.2. The maximum Gasteiger partial charge on any atom is 0.372 e. The fourth-order valence-corrected chi connectivity index (χ4v) is 3.21. The molecule has 1 aromatic heterocycles. The minimum atomic E-state index is -3.36. The Hall–Kier alpha value is -0.910. The van der Waals surface area contributed by atoms with E-state index in [-0.39, 0.29) is 5.88 Å². The highest BCUT2D eigenvalue weighted by Crippen LogP contribution is 2.13. The Kier molecular flexibility index (Phi) is 3.99. The molecule has 2 rings (SSSR count). The first-order valence-electron chi connectivity index (χ1n) is 5.60. The van der Waals surface area contributed by atoms with Crippen LogP contribution in [0.15, 0.2) is 9.13 Å². The van der Waals surface area contributed by atoms with Crippen LogP contribution in [0, 0.1) is 0 Å². The van der Waals surface area contributed by atoms with Gasteiger partial charge in [0.1, 0.15) is 0 Å². The van der Waals surface area contributed by atoms with Gasteiger partial charge in [0.05, 0.1) is 17.9 Å². The summed E-state index contributed by atoms with van der Waals surface area (Å²) in [5, 5.41) is 5.63. The fourth-order valence-electron chi connectivity index (χ4n) is 1.76. The molecule has 1 fully saturated rings. The molecule has 1 saturated heterocycles. The van der Waals surface area contributed by atoms with Crippen molar-refractivity contribution in [1.82, 2.24) is 13.9 Å². The number of halogens is 1. The molecule has 0 spiro atoms. The van der Waals surface area contributed by atoms with Crippen molar-refractivity contribution in [2.75, 3.05) is 51.0 Å². The normalized spacial score (nSPS) is 18.2. The van der Waals surface area contributed by atoms with Gasteiger partial charge < -0.3 is 5.73 Å².